The predicted molar refractivity (Wildman–Crippen MR) is 94.8 cm³/mol. The molecule has 0 aliphatic heterocycles. The molecule has 0 saturated carbocycles. The fourth-order valence-corrected chi connectivity index (χ4v) is 2.67. The maximum Gasteiger partial charge on any atom is 0.272 e. The van der Waals surface area contributed by atoms with E-state index in [2.05, 4.69) is 21.3 Å². The molecule has 2 N–H and O–H groups in total. The van der Waals surface area contributed by atoms with Crippen LogP contribution in [0.5, 0.6) is 0 Å². The van der Waals surface area contributed by atoms with Crippen LogP contribution in [0.4, 0.5) is 5.69 Å². The monoisotopic (exact) mass is 307 g/mol. The van der Waals surface area contributed by atoms with E-state index in [1.807, 2.05) is 63.5 Å². The summed E-state index contributed by atoms with van der Waals surface area (Å²) in [7, 11) is 4.05. The van der Waals surface area contributed by atoms with E-state index in [0.29, 0.717) is 5.69 Å². The number of hydrogen-bond donors (Lipinski definition) is 2. The summed E-state index contributed by atoms with van der Waals surface area (Å²) >= 11 is 0. The molecule has 1 heterocycles. The summed E-state index contributed by atoms with van der Waals surface area (Å²) in [5.74, 6) is -0.124. The third kappa shape index (κ3) is 3.60. The van der Waals surface area contributed by atoms with Crippen LogP contribution >= 0.6 is 0 Å². The number of amides is 1. The summed E-state index contributed by atoms with van der Waals surface area (Å²) in [5.41, 5.74) is 4.70. The standard InChI is InChI=1S/C19H21N3O/c1-13-7-8-15-11-18(21-17(15)9-13)19(23)20-16-6-4-5-14(10-16)12-22(2)3/h4-11,21H,12H2,1-3H3,(H,20,23). The number of nitrogens with one attached hydrogen (secondary N) is 2. The number of nitrogens with zero attached hydrogens (tertiary/aromatic N) is 1. The van der Waals surface area contributed by atoms with Crippen molar-refractivity contribution in [1.29, 1.82) is 0 Å². The number of H-pyrrole nitrogens is 1. The second kappa shape index (κ2) is 6.26. The Morgan fingerprint density at radius 3 is 2.74 bits per heavy atom. The van der Waals surface area contributed by atoms with Crippen molar-refractivity contribution >= 4 is 22.5 Å². The molecule has 23 heavy (non-hydrogen) atoms. The molecule has 1 amide bonds. The molecule has 0 bridgehead atoms. The number of hydrogen-bond acceptors (Lipinski definition) is 2. The zero-order valence-electron chi connectivity index (χ0n) is 13.7. The molecule has 1 aromatic heterocycles. The fourth-order valence-electron chi connectivity index (χ4n) is 2.67. The van der Waals surface area contributed by atoms with E-state index in [9.17, 15) is 4.79 Å². The Morgan fingerprint density at radius 2 is 1.96 bits per heavy atom. The highest BCUT2D eigenvalue weighted by atomic mass is 16.1. The first-order chi connectivity index (χ1) is 11.0. The number of anilines is 1. The quantitative estimate of drug-likeness (QED) is 0.770. The molecule has 3 aromatic rings. The molecular formula is C19H21N3O. The number of benzene rings is 2. The Morgan fingerprint density at radius 1 is 1.13 bits per heavy atom. The molecule has 2 aromatic carbocycles. The third-order valence-corrected chi connectivity index (χ3v) is 3.71. The van der Waals surface area contributed by atoms with Gasteiger partial charge in [0.2, 0.25) is 0 Å². The van der Waals surface area contributed by atoms with Crippen LogP contribution < -0.4 is 5.32 Å². The first-order valence-corrected chi connectivity index (χ1v) is 7.66. The zero-order chi connectivity index (χ0) is 16.4. The zero-order valence-corrected chi connectivity index (χ0v) is 13.7. The van der Waals surface area contributed by atoms with E-state index in [0.717, 1.165) is 23.1 Å². The Balaban J connectivity index is 1.80. The lowest BCUT2D eigenvalue weighted by Gasteiger charge is -2.11. The van der Waals surface area contributed by atoms with Gasteiger partial charge in [0, 0.05) is 23.1 Å². The Kier molecular flexibility index (Phi) is 4.17. The van der Waals surface area contributed by atoms with Crippen molar-refractivity contribution in [2.75, 3.05) is 19.4 Å². The van der Waals surface area contributed by atoms with Gasteiger partial charge in [-0.15, -0.1) is 0 Å². The van der Waals surface area contributed by atoms with Crippen molar-refractivity contribution in [3.05, 3.63) is 65.4 Å². The molecule has 0 radical (unpaired) electrons. The van der Waals surface area contributed by atoms with Crippen molar-refractivity contribution in [3.8, 4) is 0 Å². The average molecular weight is 307 g/mol. The first kappa shape index (κ1) is 15.3. The van der Waals surface area contributed by atoms with Gasteiger partial charge in [0.05, 0.1) is 0 Å². The summed E-state index contributed by atoms with van der Waals surface area (Å²) in [4.78, 5) is 17.7. The van der Waals surface area contributed by atoms with Gasteiger partial charge >= 0.3 is 0 Å². The van der Waals surface area contributed by atoms with E-state index in [1.54, 1.807) is 0 Å². The Hall–Kier alpha value is -2.59. The molecular weight excluding hydrogens is 286 g/mol. The smallest absolute Gasteiger partial charge is 0.272 e. The molecule has 0 saturated heterocycles. The Labute approximate surface area is 136 Å². The van der Waals surface area contributed by atoms with Crippen molar-refractivity contribution in [3.63, 3.8) is 0 Å². The van der Waals surface area contributed by atoms with Gasteiger partial charge < -0.3 is 15.2 Å². The van der Waals surface area contributed by atoms with Crippen LogP contribution in [-0.4, -0.2) is 29.9 Å². The van der Waals surface area contributed by atoms with Gasteiger partial charge in [-0.3, -0.25) is 4.79 Å². The lowest BCUT2D eigenvalue weighted by molar-refractivity contribution is 0.102. The van der Waals surface area contributed by atoms with Gasteiger partial charge in [0.15, 0.2) is 0 Å². The lowest BCUT2D eigenvalue weighted by Crippen LogP contribution is -2.13. The van der Waals surface area contributed by atoms with Crippen LogP contribution in [0, 0.1) is 6.92 Å². The number of aromatic amines is 1. The van der Waals surface area contributed by atoms with E-state index in [-0.39, 0.29) is 5.91 Å². The molecule has 4 nitrogen and oxygen atoms in total. The van der Waals surface area contributed by atoms with Crippen LogP contribution in [0.15, 0.2) is 48.5 Å². The molecule has 0 fully saturated rings. The van der Waals surface area contributed by atoms with Gasteiger partial charge in [-0.05, 0) is 56.4 Å². The topological polar surface area (TPSA) is 48.1 Å². The molecule has 0 spiro atoms. The summed E-state index contributed by atoms with van der Waals surface area (Å²) in [6.45, 7) is 2.88. The SMILES string of the molecule is Cc1ccc2cc(C(=O)Nc3cccc(CN(C)C)c3)[nH]c2c1. The van der Waals surface area contributed by atoms with E-state index >= 15 is 0 Å². The number of aromatic nitrogens is 1. The number of carbonyl (C=O) groups is 1. The first-order valence-electron chi connectivity index (χ1n) is 7.66. The minimum Gasteiger partial charge on any atom is -0.351 e. The van der Waals surface area contributed by atoms with Gasteiger partial charge in [-0.25, -0.2) is 0 Å². The van der Waals surface area contributed by atoms with Crippen LogP contribution in [0.2, 0.25) is 0 Å². The number of rotatable bonds is 4. The summed E-state index contributed by atoms with van der Waals surface area (Å²) in [6.07, 6.45) is 0. The normalized spacial score (nSPS) is 11.1. The van der Waals surface area contributed by atoms with Gasteiger partial charge in [0.25, 0.3) is 5.91 Å². The minimum absolute atomic E-state index is 0.124. The van der Waals surface area contributed by atoms with Crippen LogP contribution in [0.25, 0.3) is 10.9 Å². The predicted octanol–water partition coefficient (Wildman–Crippen LogP) is 3.79. The molecule has 0 atom stereocenters. The van der Waals surface area contributed by atoms with E-state index in [1.165, 1.54) is 11.1 Å². The second-order valence-electron chi connectivity index (χ2n) is 6.17. The van der Waals surface area contributed by atoms with Gasteiger partial charge in [-0.2, -0.15) is 0 Å². The molecule has 118 valence electrons. The highest BCUT2D eigenvalue weighted by Crippen LogP contribution is 2.18. The van der Waals surface area contributed by atoms with Crippen molar-refractivity contribution < 1.29 is 4.79 Å². The maximum absolute atomic E-state index is 12.4. The molecule has 4 heteroatoms. The summed E-state index contributed by atoms with van der Waals surface area (Å²) in [5, 5.41) is 4.00. The molecule has 0 aliphatic carbocycles. The summed E-state index contributed by atoms with van der Waals surface area (Å²) in [6, 6.07) is 15.9. The van der Waals surface area contributed by atoms with Crippen LogP contribution in [0.3, 0.4) is 0 Å². The second-order valence-corrected chi connectivity index (χ2v) is 6.17. The number of fused-ring (bicyclic) bond motifs is 1. The number of aryl methyl sites for hydroxylation is 1. The van der Waals surface area contributed by atoms with Crippen LogP contribution in [0.1, 0.15) is 21.6 Å². The Bertz CT molecular complexity index is 849. The van der Waals surface area contributed by atoms with Gasteiger partial charge in [0.1, 0.15) is 5.69 Å². The van der Waals surface area contributed by atoms with E-state index in [4.69, 9.17) is 0 Å². The van der Waals surface area contributed by atoms with Crippen molar-refractivity contribution in [2.45, 2.75) is 13.5 Å². The highest BCUT2D eigenvalue weighted by molar-refractivity contribution is 6.06. The van der Waals surface area contributed by atoms with E-state index < -0.39 is 0 Å². The number of carbonyl (C=O) groups excluding carboxylic acids is 1. The minimum atomic E-state index is -0.124. The van der Waals surface area contributed by atoms with Crippen molar-refractivity contribution in [1.82, 2.24) is 9.88 Å². The summed E-state index contributed by atoms with van der Waals surface area (Å²) < 4.78 is 0. The average Bonchev–Trinajstić information content (AvgIpc) is 2.90. The molecule has 3 rings (SSSR count). The highest BCUT2D eigenvalue weighted by Gasteiger charge is 2.10. The molecule has 0 unspecified atom stereocenters. The van der Waals surface area contributed by atoms with Crippen LogP contribution in [-0.2, 0) is 6.54 Å². The largest absolute Gasteiger partial charge is 0.351 e. The lowest BCUT2D eigenvalue weighted by atomic mass is 10.2. The third-order valence-electron chi connectivity index (χ3n) is 3.71. The molecule has 0 aliphatic rings. The maximum atomic E-state index is 12.4. The van der Waals surface area contributed by atoms with Crippen molar-refractivity contribution in [2.24, 2.45) is 0 Å². The van der Waals surface area contributed by atoms with Gasteiger partial charge in [-0.1, -0.05) is 24.3 Å². The fraction of sp³-hybridized carbons (Fsp3) is 0.211.